The fourth-order valence-corrected chi connectivity index (χ4v) is 7.14. The number of carbonyl (C=O) groups is 5. The molecule has 1 saturated heterocycles. The average molecular weight is 606 g/mol. The van der Waals surface area contributed by atoms with Crippen LogP contribution in [-0.2, 0) is 23.9 Å². The van der Waals surface area contributed by atoms with Crippen molar-refractivity contribution in [3.05, 3.63) is 0 Å². The van der Waals surface area contributed by atoms with Gasteiger partial charge in [0.05, 0.1) is 6.04 Å². The number of ketones is 1. The molecule has 0 aromatic heterocycles. The molecule has 0 spiro atoms. The van der Waals surface area contributed by atoms with E-state index in [1.54, 1.807) is 20.8 Å². The van der Waals surface area contributed by atoms with Crippen molar-refractivity contribution in [2.24, 2.45) is 29.4 Å². The van der Waals surface area contributed by atoms with Crippen LogP contribution in [-0.4, -0.2) is 69.1 Å². The molecule has 4 aliphatic rings. The molecule has 3 saturated carbocycles. The third-order valence-electron chi connectivity index (χ3n) is 8.61. The van der Waals surface area contributed by atoms with E-state index >= 15 is 0 Å². The van der Waals surface area contributed by atoms with Gasteiger partial charge >= 0.3 is 6.09 Å². The average Bonchev–Trinajstić information content (AvgIpc) is 3.15. The van der Waals surface area contributed by atoms with Gasteiger partial charge in [-0.25, -0.2) is 4.79 Å². The zero-order valence-corrected chi connectivity index (χ0v) is 24.4. The molecule has 3 aliphatic carbocycles. The number of likely N-dealkylation sites (tertiary alicyclic amines) is 1. The van der Waals surface area contributed by atoms with Gasteiger partial charge in [0.2, 0.25) is 17.6 Å². The summed E-state index contributed by atoms with van der Waals surface area (Å²) in [4.78, 5) is 66.2. The summed E-state index contributed by atoms with van der Waals surface area (Å²) in [5.41, 5.74) is 4.52. The van der Waals surface area contributed by atoms with Crippen molar-refractivity contribution < 1.29 is 30.1 Å². The fourth-order valence-electron chi connectivity index (χ4n) is 6.32. The second-order valence-electron chi connectivity index (χ2n) is 12.6. The lowest BCUT2D eigenvalue weighted by molar-refractivity contribution is -0.144. The minimum Gasteiger partial charge on any atom is -0.444 e. The zero-order valence-electron chi connectivity index (χ0n) is 22.8. The molecule has 5 atom stereocenters. The monoisotopic (exact) mass is 604 g/mol. The predicted molar refractivity (Wildman–Crippen MR) is 154 cm³/mol. The smallest absolute Gasteiger partial charge is 0.408 e. The number of Topliss-reactive ketones (excluding diaryl/α,β-unsaturated/α-hetero) is 1. The number of halogens is 2. The van der Waals surface area contributed by atoms with Crippen LogP contribution in [0, 0.1) is 23.7 Å². The van der Waals surface area contributed by atoms with Gasteiger partial charge in [0.1, 0.15) is 22.0 Å². The largest absolute Gasteiger partial charge is 0.444 e. The Morgan fingerprint density at radius 1 is 1.02 bits per heavy atom. The van der Waals surface area contributed by atoms with Gasteiger partial charge in [-0.15, -0.1) is 23.2 Å². The van der Waals surface area contributed by atoms with Crippen molar-refractivity contribution in [3.63, 3.8) is 0 Å². The summed E-state index contributed by atoms with van der Waals surface area (Å²) in [5.74, 6) is -3.75. The Morgan fingerprint density at radius 2 is 1.65 bits per heavy atom. The van der Waals surface area contributed by atoms with Crippen LogP contribution in [0.3, 0.4) is 0 Å². The zero-order chi connectivity index (χ0) is 28.7. The number of hydrogen-bond acceptors (Lipinski definition) is 6. The van der Waals surface area contributed by atoms with Crippen LogP contribution in [0.15, 0.2) is 0 Å². The summed E-state index contributed by atoms with van der Waals surface area (Å²) in [6.45, 7) is 5.37. The number of nitrogens with one attached hydrogen (secondary N) is 2. The van der Waals surface area contributed by atoms with E-state index in [1.807, 2.05) is 0 Å². The normalized spacial score (nSPS) is 27.2. The van der Waals surface area contributed by atoms with Gasteiger partial charge in [0.15, 0.2) is 0 Å². The Balaban J connectivity index is 0.00000294. The third kappa shape index (κ3) is 7.04. The number of hydrogen-bond donors (Lipinski definition) is 3. The first-order valence-electron chi connectivity index (χ1n) is 14.0. The molecule has 12 heteroatoms. The van der Waals surface area contributed by atoms with E-state index in [9.17, 15) is 24.0 Å². The first-order valence-corrected chi connectivity index (χ1v) is 14.8. The topological polar surface area (TPSA) is 148 Å². The number of nitrogens with two attached hydrogens (primary N) is 1. The number of rotatable bonds is 9. The van der Waals surface area contributed by atoms with Crippen LogP contribution in [0.5, 0.6) is 0 Å². The van der Waals surface area contributed by atoms with E-state index in [0.717, 1.165) is 51.4 Å². The lowest BCUT2D eigenvalue weighted by Crippen LogP contribution is -2.60. The molecule has 0 bridgehead atoms. The number of ether oxygens (including phenoxy) is 1. The third-order valence-corrected chi connectivity index (χ3v) is 9.68. The maximum absolute atomic E-state index is 14.0. The number of carbonyl (C=O) groups excluding carboxylic acids is 5. The highest BCUT2D eigenvalue weighted by Gasteiger charge is 2.74. The van der Waals surface area contributed by atoms with Gasteiger partial charge in [0.25, 0.3) is 5.91 Å². The van der Waals surface area contributed by atoms with Crippen LogP contribution in [0.4, 0.5) is 4.79 Å². The maximum Gasteiger partial charge on any atom is 0.408 e. The van der Waals surface area contributed by atoms with Gasteiger partial charge in [-0.05, 0) is 51.9 Å². The van der Waals surface area contributed by atoms with Crippen molar-refractivity contribution in [1.82, 2.24) is 15.5 Å². The lowest BCUT2D eigenvalue weighted by atomic mass is 9.80. The number of alkyl halides is 2. The van der Waals surface area contributed by atoms with Crippen molar-refractivity contribution in [1.29, 1.82) is 0 Å². The number of alkyl carbamates (subject to hydrolysis) is 1. The van der Waals surface area contributed by atoms with Crippen LogP contribution < -0.4 is 16.4 Å². The first-order chi connectivity index (χ1) is 18.2. The minimum atomic E-state index is -1.19. The number of nitrogens with zero attached hydrogens (tertiary/aromatic N) is 1. The second-order valence-corrected chi connectivity index (χ2v) is 14.0. The van der Waals surface area contributed by atoms with Crippen LogP contribution >= 0.6 is 23.2 Å². The molecule has 1 aliphatic heterocycles. The van der Waals surface area contributed by atoms with E-state index in [2.05, 4.69) is 10.6 Å². The molecule has 0 radical (unpaired) electrons. The minimum absolute atomic E-state index is 0. The van der Waals surface area contributed by atoms with Crippen LogP contribution in [0.25, 0.3) is 0 Å². The van der Waals surface area contributed by atoms with E-state index in [1.165, 1.54) is 4.90 Å². The molecule has 228 valence electrons. The van der Waals surface area contributed by atoms with Crippen molar-refractivity contribution in [2.45, 2.75) is 114 Å². The summed E-state index contributed by atoms with van der Waals surface area (Å²) in [6, 6.07) is -3.01. The lowest BCUT2D eigenvalue weighted by Gasteiger charge is -2.37. The molecule has 4 fully saturated rings. The van der Waals surface area contributed by atoms with Crippen LogP contribution in [0.2, 0.25) is 0 Å². The Hall–Kier alpha value is -2.07. The quantitative estimate of drug-likeness (QED) is 0.270. The summed E-state index contributed by atoms with van der Waals surface area (Å²) in [6.07, 6.45) is 6.89. The van der Waals surface area contributed by atoms with Gasteiger partial charge in [-0.2, -0.15) is 0 Å². The van der Waals surface area contributed by atoms with E-state index in [4.69, 9.17) is 33.7 Å². The van der Waals surface area contributed by atoms with Crippen molar-refractivity contribution >= 4 is 52.8 Å². The first kappa shape index (κ1) is 32.4. The Bertz CT molecular complexity index is 1010. The van der Waals surface area contributed by atoms with Gasteiger partial charge in [-0.1, -0.05) is 46.0 Å². The maximum atomic E-state index is 14.0. The number of piperidine rings is 1. The summed E-state index contributed by atoms with van der Waals surface area (Å²) < 4.78 is 4.25. The van der Waals surface area contributed by atoms with Gasteiger partial charge < -0.3 is 26.0 Å². The molecule has 4 rings (SSSR count). The van der Waals surface area contributed by atoms with Crippen molar-refractivity contribution in [3.8, 4) is 0 Å². The molecule has 40 heavy (non-hydrogen) atoms. The van der Waals surface area contributed by atoms with E-state index in [0.29, 0.717) is 6.42 Å². The molecule has 1 unspecified atom stereocenters. The highest BCUT2D eigenvalue weighted by Crippen LogP contribution is 2.65. The standard InChI is InChI=1S/C27H40Cl2N4O6.CH4.H2/c1-26(2,3)39-25(38)32-19(15-10-5-4-6-11-15)24(37)33-13-16-18(27(16,28)29)20(33)23(36)31-17(21(34)22(30)35)12-14-8-7-9-14;;/h14-20H,4-13H2,1-3H3,(H2,30,35)(H,31,36)(H,32,38);1H4;1H/t16-,17?,18-,19-,20-;;/m0../s1. The number of primary amides is 1. The Labute approximate surface area is 248 Å². The molecule has 0 aromatic carbocycles. The fraction of sp³-hybridized carbons (Fsp3) is 0.821. The second kappa shape index (κ2) is 12.4. The highest BCUT2D eigenvalue weighted by molar-refractivity contribution is 6.51. The summed E-state index contributed by atoms with van der Waals surface area (Å²) in [5, 5.41) is 5.48. The Kier molecular flexibility index (Phi) is 10.1. The molecular formula is C28H46Cl2N4O6. The molecule has 0 aromatic rings. The van der Waals surface area contributed by atoms with Crippen molar-refractivity contribution in [2.75, 3.05) is 6.54 Å². The van der Waals surface area contributed by atoms with Gasteiger partial charge in [0, 0.05) is 19.8 Å². The van der Waals surface area contributed by atoms with Crippen LogP contribution in [0.1, 0.15) is 87.4 Å². The SMILES string of the molecule is C.CC(C)(C)OC(=O)N[C@H](C(=O)N1C[C@H]2[C@@H]([C@H]1C(=O)NC(CC1CCC1)C(=O)C(N)=O)C2(Cl)Cl)C1CCCCC1.[HH]. The predicted octanol–water partition coefficient (Wildman–Crippen LogP) is 3.70. The van der Waals surface area contributed by atoms with E-state index in [-0.39, 0.29) is 33.2 Å². The molecule has 4 N–H and O–H groups in total. The summed E-state index contributed by atoms with van der Waals surface area (Å²) >= 11 is 13.0. The Morgan fingerprint density at radius 3 is 2.17 bits per heavy atom. The van der Waals surface area contributed by atoms with E-state index < -0.39 is 63.6 Å². The highest BCUT2D eigenvalue weighted by atomic mass is 35.5. The van der Waals surface area contributed by atoms with Gasteiger partial charge in [-0.3, -0.25) is 19.2 Å². The molecule has 1 heterocycles. The molecule has 4 amide bonds. The number of fused-ring (bicyclic) bond motifs is 1. The number of amides is 4. The molecular weight excluding hydrogens is 559 g/mol. The summed E-state index contributed by atoms with van der Waals surface area (Å²) in [7, 11) is 0. The molecule has 10 nitrogen and oxygen atoms in total.